The normalized spacial score (nSPS) is 10.7. The van der Waals surface area contributed by atoms with Gasteiger partial charge >= 0.3 is 0 Å². The van der Waals surface area contributed by atoms with Gasteiger partial charge in [-0.25, -0.2) is 4.39 Å². The molecule has 0 spiro atoms. The van der Waals surface area contributed by atoms with Crippen molar-refractivity contribution in [2.45, 2.75) is 6.92 Å². The summed E-state index contributed by atoms with van der Waals surface area (Å²) >= 11 is 0. The van der Waals surface area contributed by atoms with Crippen LogP contribution >= 0.6 is 0 Å². The fourth-order valence-corrected chi connectivity index (χ4v) is 3.62. The quantitative estimate of drug-likeness (QED) is 0.236. The Morgan fingerprint density at radius 1 is 1.06 bits per heavy atom. The molecule has 0 aliphatic carbocycles. The van der Waals surface area contributed by atoms with Gasteiger partial charge in [0.2, 0.25) is 0 Å². The molecule has 4 rings (SSSR count). The topological polar surface area (TPSA) is 136 Å². The Hall–Kier alpha value is -5.00. The Balaban J connectivity index is 1.67. The van der Waals surface area contributed by atoms with Crippen LogP contribution in [0.1, 0.15) is 32.1 Å². The fraction of sp³-hybridized carbons (Fsp3) is 0.125. The number of aromatic nitrogens is 4. The number of carbonyl (C=O) groups excluding carboxylic acids is 2. The van der Waals surface area contributed by atoms with Crippen molar-refractivity contribution >= 4 is 28.8 Å². The number of anilines is 2. The molecule has 0 unspecified atom stereocenters. The van der Waals surface area contributed by atoms with E-state index >= 15 is 0 Å². The van der Waals surface area contributed by atoms with Crippen molar-refractivity contribution in [3.8, 4) is 5.69 Å². The van der Waals surface area contributed by atoms with Crippen LogP contribution in [-0.2, 0) is 0 Å². The highest BCUT2D eigenvalue weighted by Crippen LogP contribution is 2.29. The first-order chi connectivity index (χ1) is 17.2. The monoisotopic (exact) mass is 489 g/mol. The van der Waals surface area contributed by atoms with Gasteiger partial charge in [-0.2, -0.15) is 4.68 Å². The lowest BCUT2D eigenvalue weighted by Crippen LogP contribution is -2.18. The highest BCUT2D eigenvalue weighted by atomic mass is 19.1. The maximum Gasteiger partial charge on any atom is 0.293 e. The van der Waals surface area contributed by atoms with E-state index in [1.54, 1.807) is 38.1 Å². The second kappa shape index (κ2) is 9.70. The lowest BCUT2D eigenvalue weighted by atomic mass is 9.97. The predicted octanol–water partition coefficient (Wildman–Crippen LogP) is 3.57. The molecule has 0 radical (unpaired) electrons. The molecule has 1 amide bonds. The second-order valence-electron chi connectivity index (χ2n) is 7.99. The summed E-state index contributed by atoms with van der Waals surface area (Å²) in [6.07, 6.45) is 0. The largest absolute Gasteiger partial charge is 0.372 e. The fourth-order valence-electron chi connectivity index (χ4n) is 3.62. The first kappa shape index (κ1) is 24.1. The third-order valence-corrected chi connectivity index (χ3v) is 5.40. The van der Waals surface area contributed by atoms with Crippen LogP contribution in [0.15, 0.2) is 60.7 Å². The molecule has 0 bridgehead atoms. The standard InChI is InChI=1S/C24H20FN7O4/c1-14-27-28-29-31(14)16-9-10-19(25)20(13-16)26-24(34)18-7-5-4-6-17(18)23(33)15-8-11-21(30(2)3)22(12-15)32(35)36/h4-13H,1-3H3,(H,26,34). The Morgan fingerprint density at radius 3 is 2.42 bits per heavy atom. The van der Waals surface area contributed by atoms with Gasteiger partial charge in [-0.1, -0.05) is 18.2 Å². The maximum atomic E-state index is 14.5. The van der Waals surface area contributed by atoms with E-state index in [9.17, 15) is 24.1 Å². The molecule has 36 heavy (non-hydrogen) atoms. The van der Waals surface area contributed by atoms with Crippen LogP contribution in [0.3, 0.4) is 0 Å². The van der Waals surface area contributed by atoms with E-state index in [2.05, 4.69) is 20.8 Å². The molecule has 0 aliphatic rings. The second-order valence-corrected chi connectivity index (χ2v) is 7.99. The van der Waals surface area contributed by atoms with E-state index in [4.69, 9.17) is 0 Å². The highest BCUT2D eigenvalue weighted by Gasteiger charge is 2.23. The summed E-state index contributed by atoms with van der Waals surface area (Å²) in [5, 5.41) is 25.2. The number of nitro benzene ring substituents is 1. The number of nitro groups is 1. The molecule has 11 nitrogen and oxygen atoms in total. The van der Waals surface area contributed by atoms with Gasteiger partial charge in [0, 0.05) is 31.3 Å². The van der Waals surface area contributed by atoms with Crippen molar-refractivity contribution in [3.05, 3.63) is 99.1 Å². The van der Waals surface area contributed by atoms with Crippen molar-refractivity contribution < 1.29 is 18.9 Å². The molecule has 1 heterocycles. The molecule has 0 aliphatic heterocycles. The molecule has 3 aromatic carbocycles. The molecule has 0 saturated carbocycles. The molecule has 0 atom stereocenters. The minimum atomic E-state index is -0.733. The number of hydrogen-bond donors (Lipinski definition) is 1. The molecule has 182 valence electrons. The van der Waals surface area contributed by atoms with Crippen LogP contribution in [0.2, 0.25) is 0 Å². The van der Waals surface area contributed by atoms with Gasteiger partial charge in [-0.15, -0.1) is 5.10 Å². The number of ketones is 1. The van der Waals surface area contributed by atoms with Crippen LogP contribution in [0, 0.1) is 22.9 Å². The number of nitrogens with one attached hydrogen (secondary N) is 1. The molecule has 1 N–H and O–H groups in total. The number of nitrogens with zero attached hydrogens (tertiary/aromatic N) is 6. The number of aryl methyl sites for hydroxylation is 1. The van der Waals surface area contributed by atoms with E-state index in [1.165, 1.54) is 47.1 Å². The van der Waals surface area contributed by atoms with Crippen LogP contribution in [0.5, 0.6) is 0 Å². The highest BCUT2D eigenvalue weighted by molar-refractivity contribution is 6.18. The van der Waals surface area contributed by atoms with Gasteiger partial charge in [-0.3, -0.25) is 19.7 Å². The molecule has 1 aromatic heterocycles. The average Bonchev–Trinajstić information content (AvgIpc) is 3.30. The number of halogens is 1. The van der Waals surface area contributed by atoms with Gasteiger partial charge < -0.3 is 10.2 Å². The van der Waals surface area contributed by atoms with E-state index in [0.29, 0.717) is 17.2 Å². The Morgan fingerprint density at radius 2 is 1.78 bits per heavy atom. The number of tetrazole rings is 1. The minimum absolute atomic E-state index is 0.00906. The number of hydrogen-bond acceptors (Lipinski definition) is 8. The van der Waals surface area contributed by atoms with Gasteiger partial charge in [-0.05, 0) is 53.7 Å². The minimum Gasteiger partial charge on any atom is -0.372 e. The van der Waals surface area contributed by atoms with Gasteiger partial charge in [0.15, 0.2) is 11.6 Å². The first-order valence-electron chi connectivity index (χ1n) is 10.6. The number of benzene rings is 3. The zero-order chi connectivity index (χ0) is 26.0. The van der Waals surface area contributed by atoms with Gasteiger partial charge in [0.05, 0.1) is 21.9 Å². The van der Waals surface area contributed by atoms with Gasteiger partial charge in [0.25, 0.3) is 11.6 Å². The molecular weight excluding hydrogens is 469 g/mol. The summed E-state index contributed by atoms with van der Waals surface area (Å²) in [7, 11) is 3.30. The zero-order valence-electron chi connectivity index (χ0n) is 19.5. The average molecular weight is 489 g/mol. The van der Waals surface area contributed by atoms with E-state index < -0.39 is 22.4 Å². The van der Waals surface area contributed by atoms with E-state index in [0.717, 1.165) is 6.07 Å². The number of amides is 1. The van der Waals surface area contributed by atoms with E-state index in [1.807, 2.05) is 0 Å². The summed E-state index contributed by atoms with van der Waals surface area (Å²) in [6, 6.07) is 14.0. The predicted molar refractivity (Wildman–Crippen MR) is 129 cm³/mol. The summed E-state index contributed by atoms with van der Waals surface area (Å²) in [5.74, 6) is -1.56. The zero-order valence-corrected chi connectivity index (χ0v) is 19.5. The third-order valence-electron chi connectivity index (χ3n) is 5.40. The Kier molecular flexibility index (Phi) is 6.50. The van der Waals surface area contributed by atoms with Crippen molar-refractivity contribution in [1.29, 1.82) is 0 Å². The lowest BCUT2D eigenvalue weighted by molar-refractivity contribution is -0.384. The summed E-state index contributed by atoms with van der Waals surface area (Å²) in [6.45, 7) is 1.67. The van der Waals surface area contributed by atoms with Crippen LogP contribution < -0.4 is 10.2 Å². The molecule has 4 aromatic rings. The van der Waals surface area contributed by atoms with Crippen LogP contribution in [0.25, 0.3) is 5.69 Å². The Bertz CT molecular complexity index is 1500. The molecule has 0 fully saturated rings. The summed E-state index contributed by atoms with van der Waals surface area (Å²) in [5.41, 5.74) is 0.391. The SMILES string of the molecule is Cc1nnnn1-c1ccc(F)c(NC(=O)c2ccccc2C(=O)c2ccc(N(C)C)c([N+](=O)[O-])c2)c1. The number of rotatable bonds is 7. The molecular formula is C24H20FN7O4. The maximum absolute atomic E-state index is 14.5. The van der Waals surface area contributed by atoms with Crippen molar-refractivity contribution in [1.82, 2.24) is 20.2 Å². The Labute approximate surface area is 204 Å². The summed E-state index contributed by atoms with van der Waals surface area (Å²) in [4.78, 5) is 38.9. The van der Waals surface area contributed by atoms with Crippen LogP contribution in [-0.4, -0.2) is 50.9 Å². The number of carbonyl (C=O) groups is 2. The molecule has 0 saturated heterocycles. The van der Waals surface area contributed by atoms with E-state index in [-0.39, 0.29) is 28.1 Å². The smallest absolute Gasteiger partial charge is 0.293 e. The van der Waals surface area contributed by atoms with Crippen molar-refractivity contribution in [2.75, 3.05) is 24.3 Å². The summed E-state index contributed by atoms with van der Waals surface area (Å²) < 4.78 is 15.9. The third kappa shape index (κ3) is 4.64. The van der Waals surface area contributed by atoms with Crippen molar-refractivity contribution in [2.24, 2.45) is 0 Å². The van der Waals surface area contributed by atoms with Gasteiger partial charge in [0.1, 0.15) is 11.5 Å². The first-order valence-corrected chi connectivity index (χ1v) is 10.6. The molecule has 12 heteroatoms. The lowest BCUT2D eigenvalue weighted by Gasteiger charge is -2.14. The van der Waals surface area contributed by atoms with Crippen molar-refractivity contribution in [3.63, 3.8) is 0 Å². The van der Waals surface area contributed by atoms with Crippen LogP contribution in [0.4, 0.5) is 21.5 Å².